The first-order chi connectivity index (χ1) is 7.99. The van der Waals surface area contributed by atoms with E-state index in [9.17, 15) is 19.8 Å². The number of esters is 2. The Kier molecular flexibility index (Phi) is 5.96. The molecule has 0 aromatic heterocycles. The standard InChI is InChI=1S/C9H19B3O6/c1-3-17-6(13)5(2)18-7(14)8(10,15)4-9(11,12)16/h5,15-16H,3-4,10-12H2,1-2H3/t5-,8?/m0/s1. The van der Waals surface area contributed by atoms with Gasteiger partial charge in [-0.2, -0.15) is 0 Å². The van der Waals surface area contributed by atoms with Crippen molar-refractivity contribution in [1.29, 1.82) is 0 Å². The van der Waals surface area contributed by atoms with E-state index in [-0.39, 0.29) is 13.0 Å². The third-order valence-electron chi connectivity index (χ3n) is 2.12. The summed E-state index contributed by atoms with van der Waals surface area (Å²) in [4.78, 5) is 22.9. The summed E-state index contributed by atoms with van der Waals surface area (Å²) in [5.74, 6) is -1.64. The molecule has 2 atom stereocenters. The summed E-state index contributed by atoms with van der Waals surface area (Å²) in [6, 6.07) is 0. The van der Waals surface area contributed by atoms with Gasteiger partial charge in [-0.25, -0.2) is 9.59 Å². The number of hydrogen-bond donors (Lipinski definition) is 2. The molecular weight excluding hydrogens is 237 g/mol. The molecule has 18 heavy (non-hydrogen) atoms. The summed E-state index contributed by atoms with van der Waals surface area (Å²) >= 11 is 0. The van der Waals surface area contributed by atoms with Crippen molar-refractivity contribution in [2.24, 2.45) is 0 Å². The van der Waals surface area contributed by atoms with Crippen molar-refractivity contribution in [3.05, 3.63) is 0 Å². The van der Waals surface area contributed by atoms with E-state index in [2.05, 4.69) is 4.74 Å². The number of hydrogen-bond acceptors (Lipinski definition) is 6. The molecule has 0 aliphatic carbocycles. The fraction of sp³-hybridized carbons (Fsp3) is 0.778. The second-order valence-electron chi connectivity index (χ2n) is 5.06. The summed E-state index contributed by atoms with van der Waals surface area (Å²) in [5, 5.41) is 18.2. The molecule has 2 N–H and O–H groups in total. The Hall–Kier alpha value is -0.945. The molecule has 100 valence electrons. The predicted molar refractivity (Wildman–Crippen MR) is 72.3 cm³/mol. The van der Waals surface area contributed by atoms with Gasteiger partial charge in [0.15, 0.2) is 14.0 Å². The first-order valence-electron chi connectivity index (χ1n) is 5.82. The minimum absolute atomic E-state index is 0.181. The number of carbonyl (C=O) groups is 2. The van der Waals surface area contributed by atoms with Gasteiger partial charge < -0.3 is 19.7 Å². The summed E-state index contributed by atoms with van der Waals surface area (Å²) in [5.41, 5.74) is -1.86. The van der Waals surface area contributed by atoms with Gasteiger partial charge in [-0.1, -0.05) is 0 Å². The normalized spacial score (nSPS) is 16.4. The lowest BCUT2D eigenvalue weighted by Crippen LogP contribution is -2.50. The van der Waals surface area contributed by atoms with E-state index < -0.39 is 28.9 Å². The Balaban J connectivity index is 4.52. The maximum atomic E-state index is 11.7. The summed E-state index contributed by atoms with van der Waals surface area (Å²) in [6.07, 6.45) is -1.29. The van der Waals surface area contributed by atoms with Gasteiger partial charge in [0, 0.05) is 5.40 Å². The van der Waals surface area contributed by atoms with Gasteiger partial charge >= 0.3 is 11.9 Å². The Bertz CT molecular complexity index is 312. The first kappa shape index (κ1) is 17.1. The maximum absolute atomic E-state index is 11.7. The van der Waals surface area contributed by atoms with Crippen molar-refractivity contribution < 1.29 is 29.3 Å². The van der Waals surface area contributed by atoms with Crippen molar-refractivity contribution in [1.82, 2.24) is 0 Å². The molecule has 0 radical (unpaired) electrons. The van der Waals surface area contributed by atoms with Crippen LogP contribution in [0.15, 0.2) is 0 Å². The molecule has 0 aliphatic heterocycles. The van der Waals surface area contributed by atoms with Gasteiger partial charge in [-0.3, -0.25) is 0 Å². The van der Waals surface area contributed by atoms with Crippen LogP contribution in [0.3, 0.4) is 0 Å². The fourth-order valence-electron chi connectivity index (χ4n) is 1.51. The first-order valence-corrected chi connectivity index (χ1v) is 5.82. The number of carbonyl (C=O) groups excluding carboxylic acids is 2. The van der Waals surface area contributed by atoms with Crippen molar-refractivity contribution >= 4 is 35.5 Å². The lowest BCUT2D eigenvalue weighted by molar-refractivity contribution is -0.175. The summed E-state index contributed by atoms with van der Waals surface area (Å²) in [6.45, 7) is 3.17. The smallest absolute Gasteiger partial charge is 0.347 e. The van der Waals surface area contributed by atoms with Crippen molar-refractivity contribution in [2.45, 2.75) is 37.3 Å². The van der Waals surface area contributed by atoms with E-state index in [0.717, 1.165) is 0 Å². The number of aliphatic hydroxyl groups is 2. The second-order valence-corrected chi connectivity index (χ2v) is 5.06. The largest absolute Gasteiger partial charge is 0.463 e. The van der Waals surface area contributed by atoms with Crippen molar-refractivity contribution in [3.63, 3.8) is 0 Å². The molecule has 0 bridgehead atoms. The van der Waals surface area contributed by atoms with Crippen LogP contribution in [-0.2, 0) is 19.1 Å². The van der Waals surface area contributed by atoms with Crippen LogP contribution in [0.2, 0.25) is 0 Å². The molecule has 0 fully saturated rings. The van der Waals surface area contributed by atoms with Crippen LogP contribution in [-0.4, -0.2) is 69.3 Å². The SMILES string of the molecule is BC(B)(O)CC(B)(O)C(=O)O[C@@H](C)C(=O)OCC. The minimum atomic E-state index is -1.86. The molecule has 6 nitrogen and oxygen atoms in total. The van der Waals surface area contributed by atoms with Crippen LogP contribution in [0.5, 0.6) is 0 Å². The number of rotatable bonds is 6. The highest BCUT2D eigenvalue weighted by Crippen LogP contribution is 2.16. The molecule has 9 heteroatoms. The van der Waals surface area contributed by atoms with Crippen LogP contribution < -0.4 is 0 Å². The van der Waals surface area contributed by atoms with Crippen LogP contribution in [0.4, 0.5) is 0 Å². The Morgan fingerprint density at radius 2 is 1.78 bits per heavy atom. The Morgan fingerprint density at radius 1 is 1.28 bits per heavy atom. The molecule has 0 rings (SSSR count). The molecule has 0 saturated carbocycles. The molecular formula is C9H19B3O6. The molecule has 0 amide bonds. The topological polar surface area (TPSA) is 93.1 Å². The van der Waals surface area contributed by atoms with Gasteiger partial charge in [-0.05, 0) is 20.3 Å². The van der Waals surface area contributed by atoms with Crippen molar-refractivity contribution in [3.8, 4) is 0 Å². The van der Waals surface area contributed by atoms with E-state index >= 15 is 0 Å². The zero-order valence-electron chi connectivity index (χ0n) is 11.5. The molecule has 0 saturated heterocycles. The van der Waals surface area contributed by atoms with E-state index in [1.165, 1.54) is 30.5 Å². The van der Waals surface area contributed by atoms with Gasteiger partial charge in [0.1, 0.15) is 21.2 Å². The molecule has 0 heterocycles. The van der Waals surface area contributed by atoms with E-state index in [1.807, 2.05) is 0 Å². The third-order valence-corrected chi connectivity index (χ3v) is 2.12. The van der Waals surface area contributed by atoms with E-state index in [1.54, 1.807) is 6.92 Å². The van der Waals surface area contributed by atoms with Gasteiger partial charge in [0.2, 0.25) is 0 Å². The molecule has 1 unspecified atom stereocenters. The fourth-order valence-corrected chi connectivity index (χ4v) is 1.51. The quantitative estimate of drug-likeness (QED) is 0.372. The number of ether oxygens (including phenoxy) is 2. The lowest BCUT2D eigenvalue weighted by Gasteiger charge is -2.29. The minimum Gasteiger partial charge on any atom is -0.463 e. The summed E-state index contributed by atoms with van der Waals surface area (Å²) in [7, 11) is 4.15. The predicted octanol–water partition coefficient (Wildman–Crippen LogP) is -3.89. The molecule has 0 aliphatic rings. The van der Waals surface area contributed by atoms with E-state index in [4.69, 9.17) is 4.74 Å². The van der Waals surface area contributed by atoms with Gasteiger partial charge in [-0.15, -0.1) is 0 Å². The van der Waals surface area contributed by atoms with Crippen LogP contribution >= 0.6 is 0 Å². The highest BCUT2D eigenvalue weighted by atomic mass is 16.6. The van der Waals surface area contributed by atoms with E-state index in [0.29, 0.717) is 0 Å². The Labute approximate surface area is 109 Å². The zero-order valence-corrected chi connectivity index (χ0v) is 11.5. The van der Waals surface area contributed by atoms with Crippen molar-refractivity contribution in [2.75, 3.05) is 6.61 Å². The highest BCUT2D eigenvalue weighted by Gasteiger charge is 2.38. The van der Waals surface area contributed by atoms with Crippen LogP contribution in [0.1, 0.15) is 20.3 Å². The summed E-state index contributed by atoms with van der Waals surface area (Å²) < 4.78 is 9.47. The molecule has 0 aromatic rings. The molecule has 0 spiro atoms. The average Bonchev–Trinajstić information content (AvgIpc) is 2.13. The zero-order chi connectivity index (χ0) is 14.6. The Morgan fingerprint density at radius 3 is 2.17 bits per heavy atom. The highest BCUT2D eigenvalue weighted by molar-refractivity contribution is 6.40. The monoisotopic (exact) mass is 256 g/mol. The van der Waals surface area contributed by atoms with Gasteiger partial charge in [0.25, 0.3) is 0 Å². The maximum Gasteiger partial charge on any atom is 0.347 e. The van der Waals surface area contributed by atoms with Gasteiger partial charge in [0.05, 0.1) is 6.61 Å². The van der Waals surface area contributed by atoms with Crippen LogP contribution in [0, 0.1) is 0 Å². The lowest BCUT2D eigenvalue weighted by atomic mass is 9.57. The average molecular weight is 256 g/mol. The second kappa shape index (κ2) is 6.29. The molecule has 0 aromatic carbocycles. The van der Waals surface area contributed by atoms with Crippen LogP contribution in [0.25, 0.3) is 0 Å². The third kappa shape index (κ3) is 6.11.